The van der Waals surface area contributed by atoms with Crippen molar-refractivity contribution in [2.24, 2.45) is 0 Å². The molecule has 0 fully saturated rings. The maximum atomic E-state index is 9.87. The number of hydrogen-bond acceptors (Lipinski definition) is 10. The summed E-state index contributed by atoms with van der Waals surface area (Å²) in [6.07, 6.45) is 11.2. The first-order chi connectivity index (χ1) is 20.7. The monoisotopic (exact) mass is 648 g/mol. The maximum Gasteiger partial charge on any atom is 0.303 e. The number of carboxylic acid groups (broad SMARTS) is 4. The molecule has 44 heavy (non-hydrogen) atoms. The Kier molecular flexibility index (Phi) is 61.9. The van der Waals surface area contributed by atoms with Gasteiger partial charge in [0.15, 0.2) is 0 Å². The van der Waals surface area contributed by atoms with Crippen LogP contribution in [0.4, 0.5) is 0 Å². The van der Waals surface area contributed by atoms with Crippen molar-refractivity contribution in [3.05, 3.63) is 0 Å². The number of aliphatic hydroxyl groups is 6. The Balaban J connectivity index is -0.0000000989. The predicted molar refractivity (Wildman–Crippen MR) is 167 cm³/mol. The molecule has 0 aromatic rings. The maximum absolute atomic E-state index is 9.87. The molecule has 0 spiro atoms. The summed E-state index contributed by atoms with van der Waals surface area (Å²) in [6.45, 7) is 6.77. The molecule has 10 N–H and O–H groups in total. The van der Waals surface area contributed by atoms with Crippen molar-refractivity contribution >= 4 is 23.9 Å². The molecule has 0 aromatic heterocycles. The van der Waals surface area contributed by atoms with E-state index in [2.05, 4.69) is 27.7 Å². The largest absolute Gasteiger partial charge is 0.481 e. The Bertz CT molecular complexity index is 490. The molecule has 0 saturated carbocycles. The number of carbonyl (C=O) groups is 4. The molecule has 0 aliphatic carbocycles. The van der Waals surface area contributed by atoms with Gasteiger partial charge in [-0.1, -0.05) is 79.1 Å². The predicted octanol–water partition coefficient (Wildman–Crippen LogP) is 3.27. The van der Waals surface area contributed by atoms with Crippen molar-refractivity contribution in [3.8, 4) is 0 Å². The van der Waals surface area contributed by atoms with E-state index >= 15 is 0 Å². The van der Waals surface area contributed by atoms with E-state index in [1.54, 1.807) is 0 Å². The van der Waals surface area contributed by atoms with Gasteiger partial charge in [0.05, 0.1) is 26.4 Å². The molecular formula is C30H64O14. The van der Waals surface area contributed by atoms with Crippen LogP contribution in [0.2, 0.25) is 0 Å². The van der Waals surface area contributed by atoms with Crippen LogP contribution in [0.5, 0.6) is 0 Å². The molecule has 0 saturated heterocycles. The van der Waals surface area contributed by atoms with Gasteiger partial charge in [0, 0.05) is 25.7 Å². The van der Waals surface area contributed by atoms with Gasteiger partial charge < -0.3 is 51.1 Å². The third-order valence-corrected chi connectivity index (χ3v) is 4.82. The van der Waals surface area contributed by atoms with E-state index in [0.29, 0.717) is 25.7 Å². The molecule has 0 aliphatic heterocycles. The van der Waals surface area contributed by atoms with Gasteiger partial charge in [0.1, 0.15) is 12.2 Å². The topological polar surface area (TPSA) is 271 Å². The third kappa shape index (κ3) is 90.0. The highest BCUT2D eigenvalue weighted by atomic mass is 16.4. The molecule has 268 valence electrons. The number of rotatable bonds is 20. The minimum atomic E-state index is -0.954. The summed E-state index contributed by atoms with van der Waals surface area (Å²) in [5.74, 6) is -2.73. The highest BCUT2D eigenvalue weighted by Crippen LogP contribution is 1.99. The van der Waals surface area contributed by atoms with Gasteiger partial charge in [0.2, 0.25) is 0 Å². The van der Waals surface area contributed by atoms with Crippen molar-refractivity contribution in [2.45, 2.75) is 143 Å². The van der Waals surface area contributed by atoms with E-state index in [1.807, 2.05) is 0 Å². The van der Waals surface area contributed by atoms with Crippen molar-refractivity contribution in [2.75, 3.05) is 26.4 Å². The zero-order valence-corrected chi connectivity index (χ0v) is 27.4. The summed E-state index contributed by atoms with van der Waals surface area (Å²) >= 11 is 0. The molecule has 0 radical (unpaired) electrons. The van der Waals surface area contributed by atoms with Gasteiger partial charge in [-0.2, -0.15) is 0 Å². The average molecular weight is 649 g/mol. The van der Waals surface area contributed by atoms with Crippen LogP contribution in [0, 0.1) is 0 Å². The van der Waals surface area contributed by atoms with Gasteiger partial charge in [-0.3, -0.25) is 19.2 Å². The van der Waals surface area contributed by atoms with Crippen molar-refractivity contribution in [1.82, 2.24) is 0 Å². The van der Waals surface area contributed by atoms with Crippen LogP contribution in [-0.2, 0) is 19.2 Å². The lowest BCUT2D eigenvalue weighted by molar-refractivity contribution is -0.138. The van der Waals surface area contributed by atoms with Gasteiger partial charge >= 0.3 is 23.9 Å². The first-order valence-corrected chi connectivity index (χ1v) is 15.4. The molecule has 0 rings (SSSR count). The second-order valence-corrected chi connectivity index (χ2v) is 9.44. The SMILES string of the molecule is CCCCCC(=O)O.CCCCCC(=O)O.CCCCCC(=O)O.CCCCCC(=O)O.OCC(O)CO.OCC(O)CO. The number of unbranched alkanes of at least 4 members (excludes halogenated alkanes) is 8. The fraction of sp³-hybridized carbons (Fsp3) is 0.867. The molecule has 0 aliphatic rings. The summed E-state index contributed by atoms with van der Waals surface area (Å²) in [7, 11) is 0. The number of carboxylic acids is 4. The average Bonchev–Trinajstić information content (AvgIpc) is 2.98. The van der Waals surface area contributed by atoms with Crippen molar-refractivity contribution < 1.29 is 70.2 Å². The molecule has 0 heterocycles. The lowest BCUT2D eigenvalue weighted by atomic mass is 10.2. The smallest absolute Gasteiger partial charge is 0.303 e. The fourth-order valence-corrected chi connectivity index (χ4v) is 2.22. The van der Waals surface area contributed by atoms with Crippen molar-refractivity contribution in [3.63, 3.8) is 0 Å². The van der Waals surface area contributed by atoms with E-state index in [0.717, 1.165) is 77.0 Å². The van der Waals surface area contributed by atoms with Gasteiger partial charge in [0.25, 0.3) is 0 Å². The number of aliphatic hydroxyl groups excluding tert-OH is 6. The fourth-order valence-electron chi connectivity index (χ4n) is 2.22. The minimum absolute atomic E-state index is 0.327. The first kappa shape index (κ1) is 54.1. The number of hydrogen-bond donors (Lipinski definition) is 10. The second-order valence-electron chi connectivity index (χ2n) is 9.44. The Morgan fingerprint density at radius 1 is 0.386 bits per heavy atom. The lowest BCUT2D eigenvalue weighted by Gasteiger charge is -1.96. The van der Waals surface area contributed by atoms with E-state index < -0.39 is 36.1 Å². The second kappa shape index (κ2) is 50.3. The van der Waals surface area contributed by atoms with E-state index in [1.165, 1.54) is 0 Å². The molecule has 0 amide bonds. The van der Waals surface area contributed by atoms with E-state index in [9.17, 15) is 19.2 Å². The summed E-state index contributed by atoms with van der Waals surface area (Å²) in [5, 5.41) is 80.6. The summed E-state index contributed by atoms with van der Waals surface area (Å²) in [6, 6.07) is 0. The molecule has 0 aromatic carbocycles. The summed E-state index contributed by atoms with van der Waals surface area (Å²) in [4.78, 5) is 39.5. The Morgan fingerprint density at radius 3 is 0.614 bits per heavy atom. The highest BCUT2D eigenvalue weighted by molar-refractivity contribution is 5.67. The Labute approximate surface area is 263 Å². The Hall–Kier alpha value is -2.36. The minimum Gasteiger partial charge on any atom is -0.481 e. The Morgan fingerprint density at radius 2 is 0.545 bits per heavy atom. The summed E-state index contributed by atoms with van der Waals surface area (Å²) < 4.78 is 0. The zero-order valence-electron chi connectivity index (χ0n) is 27.4. The quantitative estimate of drug-likeness (QED) is 0.0849. The molecule has 0 bridgehead atoms. The van der Waals surface area contributed by atoms with E-state index in [4.69, 9.17) is 51.1 Å². The standard InChI is InChI=1S/4C6H12O2.2C3H8O3/c4*1-2-3-4-5-6(7)8;2*4-1-3(6)2-5/h4*2-5H2,1H3,(H,7,8);2*3-6H,1-2H2. The van der Waals surface area contributed by atoms with Crippen LogP contribution >= 0.6 is 0 Å². The molecule has 0 atom stereocenters. The van der Waals surface area contributed by atoms with Crippen LogP contribution in [0.15, 0.2) is 0 Å². The van der Waals surface area contributed by atoms with Gasteiger partial charge in [-0.05, 0) is 25.7 Å². The molecule has 0 unspecified atom stereocenters. The van der Waals surface area contributed by atoms with Gasteiger partial charge in [-0.25, -0.2) is 0 Å². The molecule has 14 heteroatoms. The molecule has 14 nitrogen and oxygen atoms in total. The van der Waals surface area contributed by atoms with Crippen LogP contribution in [0.25, 0.3) is 0 Å². The van der Waals surface area contributed by atoms with Crippen LogP contribution < -0.4 is 0 Å². The van der Waals surface area contributed by atoms with Gasteiger partial charge in [-0.15, -0.1) is 0 Å². The first-order valence-electron chi connectivity index (χ1n) is 15.4. The summed E-state index contributed by atoms with van der Waals surface area (Å²) in [5.41, 5.74) is 0. The van der Waals surface area contributed by atoms with E-state index in [-0.39, 0.29) is 26.4 Å². The van der Waals surface area contributed by atoms with Crippen LogP contribution in [0.1, 0.15) is 130 Å². The van der Waals surface area contributed by atoms with Crippen LogP contribution in [-0.4, -0.2) is 114 Å². The molecular weight excluding hydrogens is 584 g/mol. The van der Waals surface area contributed by atoms with Crippen molar-refractivity contribution in [1.29, 1.82) is 0 Å². The van der Waals surface area contributed by atoms with Crippen LogP contribution in [0.3, 0.4) is 0 Å². The third-order valence-electron chi connectivity index (χ3n) is 4.82. The lowest BCUT2D eigenvalue weighted by Crippen LogP contribution is -2.15. The number of aliphatic carboxylic acids is 4. The zero-order chi connectivity index (χ0) is 35.6. The normalized spacial score (nSPS) is 9.36. The highest BCUT2D eigenvalue weighted by Gasteiger charge is 1.96.